The van der Waals surface area contributed by atoms with Gasteiger partial charge in [0.15, 0.2) is 0 Å². The van der Waals surface area contributed by atoms with Gasteiger partial charge in [-0.05, 0) is 41.8 Å². The van der Waals surface area contributed by atoms with Gasteiger partial charge in [0, 0.05) is 19.6 Å². The lowest BCUT2D eigenvalue weighted by Crippen LogP contribution is -2.09. The normalized spacial score (nSPS) is 19.6. The molecule has 1 N–H and O–H groups in total. The smallest absolute Gasteiger partial charge is 0.0535 e. The zero-order valence-corrected chi connectivity index (χ0v) is 9.33. The zero-order chi connectivity index (χ0) is 8.77. The molecule has 1 aliphatic carbocycles. The second kappa shape index (κ2) is 2.82. The average molecular weight is 247 g/mol. The van der Waals surface area contributed by atoms with Crippen LogP contribution in [0.15, 0.2) is 10.5 Å². The van der Waals surface area contributed by atoms with E-state index in [1.165, 1.54) is 14.2 Å². The van der Waals surface area contributed by atoms with Crippen LogP contribution < -0.4 is 0 Å². The molecule has 1 heterocycles. The van der Waals surface area contributed by atoms with Gasteiger partial charge in [0.05, 0.1) is 6.61 Å². The predicted molar refractivity (Wildman–Crippen MR) is 54.8 cm³/mol. The predicted octanol–water partition coefficient (Wildman–Crippen LogP) is 2.84. The van der Waals surface area contributed by atoms with Crippen molar-refractivity contribution in [2.45, 2.75) is 25.2 Å². The van der Waals surface area contributed by atoms with Crippen molar-refractivity contribution in [2.75, 3.05) is 6.61 Å². The van der Waals surface area contributed by atoms with Crippen molar-refractivity contribution in [1.29, 1.82) is 0 Å². The Morgan fingerprint density at radius 1 is 1.67 bits per heavy atom. The Kier molecular flexibility index (Phi) is 2.05. The number of halogens is 1. The second-order valence-corrected chi connectivity index (χ2v) is 5.56. The van der Waals surface area contributed by atoms with E-state index in [0.29, 0.717) is 6.61 Å². The van der Waals surface area contributed by atoms with Crippen molar-refractivity contribution in [2.24, 2.45) is 0 Å². The maximum atomic E-state index is 9.20. The molecule has 1 saturated carbocycles. The van der Waals surface area contributed by atoms with E-state index < -0.39 is 0 Å². The maximum Gasteiger partial charge on any atom is 0.0535 e. The molecule has 0 radical (unpaired) electrons. The standard InChI is InChI=1S/C9H11BrOS/c1-6-7(10)4-8(12-6)9(5-11)2-3-9/h4,11H,2-3,5H2,1H3. The molecule has 66 valence electrons. The van der Waals surface area contributed by atoms with Gasteiger partial charge in [0.1, 0.15) is 0 Å². The van der Waals surface area contributed by atoms with Gasteiger partial charge in [0.25, 0.3) is 0 Å². The first-order valence-corrected chi connectivity index (χ1v) is 5.66. The average Bonchev–Trinajstić information content (AvgIpc) is 2.77. The van der Waals surface area contributed by atoms with Crippen LogP contribution >= 0.6 is 27.3 Å². The highest BCUT2D eigenvalue weighted by atomic mass is 79.9. The van der Waals surface area contributed by atoms with Crippen molar-refractivity contribution >= 4 is 27.3 Å². The first-order valence-electron chi connectivity index (χ1n) is 4.05. The highest BCUT2D eigenvalue weighted by molar-refractivity contribution is 9.10. The summed E-state index contributed by atoms with van der Waals surface area (Å²) in [4.78, 5) is 2.65. The molecule has 1 fully saturated rings. The molecule has 2 rings (SSSR count). The second-order valence-electron chi connectivity index (χ2n) is 3.45. The number of rotatable bonds is 2. The van der Waals surface area contributed by atoms with Crippen LogP contribution in [0, 0.1) is 6.92 Å². The monoisotopic (exact) mass is 246 g/mol. The summed E-state index contributed by atoms with van der Waals surface area (Å²) in [5.41, 5.74) is 0.140. The molecule has 0 aliphatic heterocycles. The minimum absolute atomic E-state index is 0.140. The molecule has 1 aromatic rings. The van der Waals surface area contributed by atoms with Gasteiger partial charge in [0.2, 0.25) is 0 Å². The lowest BCUT2D eigenvalue weighted by molar-refractivity contribution is 0.257. The van der Waals surface area contributed by atoms with E-state index in [0.717, 1.165) is 12.8 Å². The fraction of sp³-hybridized carbons (Fsp3) is 0.556. The molecular formula is C9H11BrOS. The Morgan fingerprint density at radius 3 is 2.67 bits per heavy atom. The molecule has 0 aromatic carbocycles. The van der Waals surface area contributed by atoms with Gasteiger partial charge in [-0.1, -0.05) is 0 Å². The van der Waals surface area contributed by atoms with E-state index in [2.05, 4.69) is 28.9 Å². The van der Waals surface area contributed by atoms with Gasteiger partial charge < -0.3 is 5.11 Å². The Morgan fingerprint density at radius 2 is 2.33 bits per heavy atom. The maximum absolute atomic E-state index is 9.20. The lowest BCUT2D eigenvalue weighted by atomic mass is 10.1. The summed E-state index contributed by atoms with van der Waals surface area (Å²) in [6.45, 7) is 2.41. The molecular weight excluding hydrogens is 236 g/mol. The fourth-order valence-electron chi connectivity index (χ4n) is 1.35. The molecule has 1 aromatic heterocycles. The van der Waals surface area contributed by atoms with Gasteiger partial charge in [-0.15, -0.1) is 11.3 Å². The number of thiophene rings is 1. The van der Waals surface area contributed by atoms with Crippen LogP contribution in [0.25, 0.3) is 0 Å². The minimum Gasteiger partial charge on any atom is -0.395 e. The van der Waals surface area contributed by atoms with Crippen LogP contribution in [0.5, 0.6) is 0 Å². The molecule has 0 bridgehead atoms. The van der Waals surface area contributed by atoms with Crippen LogP contribution in [0.4, 0.5) is 0 Å². The molecule has 0 saturated heterocycles. The van der Waals surface area contributed by atoms with Crippen LogP contribution in [-0.4, -0.2) is 11.7 Å². The van der Waals surface area contributed by atoms with Gasteiger partial charge in [-0.3, -0.25) is 0 Å². The van der Waals surface area contributed by atoms with E-state index in [-0.39, 0.29) is 5.41 Å². The first-order chi connectivity index (χ1) is 5.68. The third kappa shape index (κ3) is 1.24. The SMILES string of the molecule is Cc1sc(C2(CO)CC2)cc1Br. The largest absolute Gasteiger partial charge is 0.395 e. The van der Waals surface area contributed by atoms with Crippen molar-refractivity contribution in [1.82, 2.24) is 0 Å². The van der Waals surface area contributed by atoms with Crippen LogP contribution in [0.1, 0.15) is 22.6 Å². The Hall–Kier alpha value is 0.140. The molecule has 1 nitrogen and oxygen atoms in total. The van der Waals surface area contributed by atoms with E-state index >= 15 is 0 Å². The summed E-state index contributed by atoms with van der Waals surface area (Å²) in [6.07, 6.45) is 2.30. The van der Waals surface area contributed by atoms with Crippen molar-refractivity contribution < 1.29 is 5.11 Å². The Labute approximate surface area is 84.6 Å². The number of hydrogen-bond acceptors (Lipinski definition) is 2. The summed E-state index contributed by atoms with van der Waals surface area (Å²) in [7, 11) is 0. The topological polar surface area (TPSA) is 20.2 Å². The van der Waals surface area contributed by atoms with E-state index in [4.69, 9.17) is 0 Å². The van der Waals surface area contributed by atoms with Crippen molar-refractivity contribution in [3.8, 4) is 0 Å². The van der Waals surface area contributed by atoms with Gasteiger partial charge >= 0.3 is 0 Å². The molecule has 3 heteroatoms. The summed E-state index contributed by atoms with van der Waals surface area (Å²) < 4.78 is 1.18. The number of aliphatic hydroxyl groups is 1. The third-order valence-electron chi connectivity index (χ3n) is 2.54. The van der Waals surface area contributed by atoms with Gasteiger partial charge in [-0.2, -0.15) is 0 Å². The van der Waals surface area contributed by atoms with Gasteiger partial charge in [-0.25, -0.2) is 0 Å². The molecule has 0 spiro atoms. The molecule has 0 unspecified atom stereocenters. The number of aryl methyl sites for hydroxylation is 1. The fourth-order valence-corrected chi connectivity index (χ4v) is 3.13. The van der Waals surface area contributed by atoms with E-state index in [1.807, 2.05) is 0 Å². The summed E-state index contributed by atoms with van der Waals surface area (Å²) in [5, 5.41) is 9.20. The number of hydrogen-bond donors (Lipinski definition) is 1. The first kappa shape index (κ1) is 8.73. The van der Waals surface area contributed by atoms with Crippen LogP contribution in [-0.2, 0) is 5.41 Å². The van der Waals surface area contributed by atoms with Crippen molar-refractivity contribution in [3.63, 3.8) is 0 Å². The van der Waals surface area contributed by atoms with Crippen LogP contribution in [0.3, 0.4) is 0 Å². The summed E-state index contributed by atoms with van der Waals surface area (Å²) in [6, 6.07) is 2.16. The Balaban J connectivity index is 2.34. The zero-order valence-electron chi connectivity index (χ0n) is 6.93. The van der Waals surface area contributed by atoms with E-state index in [1.54, 1.807) is 11.3 Å². The highest BCUT2D eigenvalue weighted by Crippen LogP contribution is 2.51. The quantitative estimate of drug-likeness (QED) is 0.852. The van der Waals surface area contributed by atoms with Crippen LogP contribution in [0.2, 0.25) is 0 Å². The Bertz CT molecular complexity index is 282. The lowest BCUT2D eigenvalue weighted by Gasteiger charge is -2.06. The number of aliphatic hydroxyl groups excluding tert-OH is 1. The highest BCUT2D eigenvalue weighted by Gasteiger charge is 2.45. The summed E-state index contributed by atoms with van der Waals surface area (Å²) >= 11 is 5.30. The molecule has 12 heavy (non-hydrogen) atoms. The summed E-state index contributed by atoms with van der Waals surface area (Å²) in [5.74, 6) is 0. The minimum atomic E-state index is 0.140. The third-order valence-corrected chi connectivity index (χ3v) is 4.92. The molecule has 0 amide bonds. The van der Waals surface area contributed by atoms with Crippen molar-refractivity contribution in [3.05, 3.63) is 20.3 Å². The van der Waals surface area contributed by atoms with E-state index in [9.17, 15) is 5.11 Å². The molecule has 0 atom stereocenters. The molecule has 1 aliphatic rings.